The summed E-state index contributed by atoms with van der Waals surface area (Å²) in [5.41, 5.74) is 7.92. The number of pyridine rings is 1. The van der Waals surface area contributed by atoms with Gasteiger partial charge >= 0.3 is 6.18 Å². The highest BCUT2D eigenvalue weighted by molar-refractivity contribution is 5.84. The van der Waals surface area contributed by atoms with Gasteiger partial charge in [-0.05, 0) is 68.9 Å². The first-order valence-corrected chi connectivity index (χ1v) is 10.1. The summed E-state index contributed by atoms with van der Waals surface area (Å²) >= 11 is 0. The van der Waals surface area contributed by atoms with E-state index in [1.165, 1.54) is 0 Å². The number of hydrogen-bond acceptors (Lipinski definition) is 4. The molecule has 152 valence electrons. The number of anilines is 2. The topological polar surface area (TPSA) is 54.2 Å². The largest absolute Gasteiger partial charge is 0.391 e. The van der Waals surface area contributed by atoms with Crippen LogP contribution in [0.4, 0.5) is 24.7 Å². The van der Waals surface area contributed by atoms with E-state index in [1.54, 1.807) is 0 Å². The van der Waals surface area contributed by atoms with Gasteiger partial charge in [-0.2, -0.15) is 13.2 Å². The third kappa shape index (κ3) is 4.35. The molecular weight excluding hydrogens is 365 g/mol. The van der Waals surface area contributed by atoms with Gasteiger partial charge in [-0.25, -0.2) is 4.98 Å². The smallest absolute Gasteiger partial charge is 0.382 e. The third-order valence-corrected chi connectivity index (χ3v) is 6.10. The Balaban J connectivity index is 1.42. The Morgan fingerprint density at radius 1 is 0.964 bits per heavy atom. The molecule has 28 heavy (non-hydrogen) atoms. The summed E-state index contributed by atoms with van der Waals surface area (Å²) in [6, 6.07) is 10.8. The van der Waals surface area contributed by atoms with Gasteiger partial charge in [0.25, 0.3) is 0 Å². The number of fused-ring (bicyclic) bond motifs is 1. The van der Waals surface area contributed by atoms with Gasteiger partial charge in [-0.15, -0.1) is 0 Å². The summed E-state index contributed by atoms with van der Waals surface area (Å²) in [6.07, 6.45) is 0.473. The van der Waals surface area contributed by atoms with Crippen LogP contribution in [0, 0.1) is 5.92 Å². The summed E-state index contributed by atoms with van der Waals surface area (Å²) in [4.78, 5) is 6.64. The van der Waals surface area contributed by atoms with Gasteiger partial charge in [-0.1, -0.05) is 0 Å². The van der Waals surface area contributed by atoms with E-state index in [0.29, 0.717) is 25.2 Å². The molecule has 1 saturated heterocycles. The molecule has 2 fully saturated rings. The van der Waals surface area contributed by atoms with Crippen LogP contribution in [0.1, 0.15) is 38.5 Å². The second-order valence-corrected chi connectivity index (χ2v) is 8.14. The quantitative estimate of drug-likeness (QED) is 0.795. The van der Waals surface area contributed by atoms with E-state index in [2.05, 4.69) is 16.4 Å². The molecule has 1 aliphatic carbocycles. The van der Waals surface area contributed by atoms with Crippen molar-refractivity contribution in [1.82, 2.24) is 4.98 Å². The Hall–Kier alpha value is -2.02. The predicted molar refractivity (Wildman–Crippen MR) is 107 cm³/mol. The molecule has 2 aromatic rings. The van der Waals surface area contributed by atoms with Gasteiger partial charge in [0.15, 0.2) is 0 Å². The molecule has 0 atom stereocenters. The zero-order valence-corrected chi connectivity index (χ0v) is 15.9. The van der Waals surface area contributed by atoms with Crippen molar-refractivity contribution >= 4 is 22.4 Å². The molecule has 0 spiro atoms. The monoisotopic (exact) mass is 392 g/mol. The van der Waals surface area contributed by atoms with E-state index < -0.39 is 12.1 Å². The lowest BCUT2D eigenvalue weighted by molar-refractivity contribution is -0.179. The molecule has 2 heterocycles. The van der Waals surface area contributed by atoms with Crippen molar-refractivity contribution < 1.29 is 13.2 Å². The maximum atomic E-state index is 12.9. The average molecular weight is 392 g/mol. The van der Waals surface area contributed by atoms with Gasteiger partial charge in [-0.3, -0.25) is 0 Å². The van der Waals surface area contributed by atoms with E-state index >= 15 is 0 Å². The minimum atomic E-state index is -4.09. The van der Waals surface area contributed by atoms with Gasteiger partial charge < -0.3 is 16.0 Å². The van der Waals surface area contributed by atoms with Crippen LogP contribution >= 0.6 is 0 Å². The Morgan fingerprint density at radius 2 is 1.68 bits per heavy atom. The minimum absolute atomic E-state index is 0.136. The highest BCUT2D eigenvalue weighted by Gasteiger charge is 2.41. The van der Waals surface area contributed by atoms with Crippen molar-refractivity contribution in [1.29, 1.82) is 0 Å². The molecule has 1 aromatic carbocycles. The highest BCUT2D eigenvalue weighted by atomic mass is 19.4. The lowest BCUT2D eigenvalue weighted by Crippen LogP contribution is -2.39. The third-order valence-electron chi connectivity index (χ3n) is 6.10. The zero-order valence-electron chi connectivity index (χ0n) is 15.9. The lowest BCUT2D eigenvalue weighted by atomic mass is 9.91. The highest BCUT2D eigenvalue weighted by Crippen LogP contribution is 2.35. The van der Waals surface area contributed by atoms with Gasteiger partial charge in [0, 0.05) is 36.2 Å². The molecule has 0 bridgehead atoms. The molecule has 0 radical (unpaired) electrons. The first kappa shape index (κ1) is 19.3. The number of halogens is 3. The number of aromatic nitrogens is 1. The van der Waals surface area contributed by atoms with Crippen molar-refractivity contribution in [3.8, 4) is 0 Å². The van der Waals surface area contributed by atoms with Crippen LogP contribution in [0.3, 0.4) is 0 Å². The maximum Gasteiger partial charge on any atom is 0.391 e. The van der Waals surface area contributed by atoms with E-state index in [4.69, 9.17) is 5.73 Å². The fraction of sp³-hybridized carbons (Fsp3) is 0.571. The first-order chi connectivity index (χ1) is 13.4. The van der Waals surface area contributed by atoms with E-state index in [9.17, 15) is 13.2 Å². The van der Waals surface area contributed by atoms with Crippen molar-refractivity contribution in [2.24, 2.45) is 11.7 Å². The van der Waals surface area contributed by atoms with Crippen molar-refractivity contribution in [3.63, 3.8) is 0 Å². The summed E-state index contributed by atoms with van der Waals surface area (Å²) in [7, 11) is 0. The number of nitrogens with zero attached hydrogens (tertiary/aromatic N) is 2. The summed E-state index contributed by atoms with van der Waals surface area (Å²) in [6.45, 7) is 0.790. The van der Waals surface area contributed by atoms with Crippen LogP contribution in [0.5, 0.6) is 0 Å². The molecule has 0 amide bonds. The number of hydrogen-bond donors (Lipinski definition) is 2. The van der Waals surface area contributed by atoms with Crippen molar-refractivity contribution in [2.75, 3.05) is 23.3 Å². The van der Waals surface area contributed by atoms with Crippen LogP contribution < -0.4 is 16.0 Å². The SMILES string of the molecule is NC1CCC(Nc2ccc3nc(N4CCC(C(F)(F)F)CC4)ccc3c2)CC1. The average Bonchev–Trinajstić information content (AvgIpc) is 2.69. The van der Waals surface area contributed by atoms with E-state index in [-0.39, 0.29) is 12.8 Å². The number of nitrogens with two attached hydrogens (primary N) is 1. The van der Waals surface area contributed by atoms with Crippen molar-refractivity contribution in [3.05, 3.63) is 30.3 Å². The molecule has 1 aromatic heterocycles. The lowest BCUT2D eigenvalue weighted by Gasteiger charge is -2.33. The second-order valence-electron chi connectivity index (χ2n) is 8.14. The molecular formula is C21H27F3N4. The molecule has 2 aliphatic rings. The van der Waals surface area contributed by atoms with Gasteiger partial charge in [0.2, 0.25) is 0 Å². The summed E-state index contributed by atoms with van der Waals surface area (Å²) in [5.74, 6) is -0.428. The van der Waals surface area contributed by atoms with Crippen LogP contribution in [-0.2, 0) is 0 Å². The summed E-state index contributed by atoms with van der Waals surface area (Å²) < 4.78 is 38.6. The van der Waals surface area contributed by atoms with Crippen molar-refractivity contribution in [2.45, 2.75) is 56.8 Å². The molecule has 1 aliphatic heterocycles. The molecule has 3 N–H and O–H groups in total. The van der Waals surface area contributed by atoms with Crippen LogP contribution in [0.15, 0.2) is 30.3 Å². The first-order valence-electron chi connectivity index (χ1n) is 10.1. The Morgan fingerprint density at radius 3 is 2.36 bits per heavy atom. The normalized spacial score (nSPS) is 24.5. The fourth-order valence-electron chi connectivity index (χ4n) is 4.32. The molecule has 4 nitrogen and oxygen atoms in total. The Labute approximate surface area is 163 Å². The van der Waals surface area contributed by atoms with Crippen LogP contribution in [0.2, 0.25) is 0 Å². The number of alkyl halides is 3. The van der Waals surface area contributed by atoms with E-state index in [1.807, 2.05) is 29.2 Å². The fourth-order valence-corrected chi connectivity index (χ4v) is 4.32. The molecule has 7 heteroatoms. The van der Waals surface area contributed by atoms with E-state index in [0.717, 1.165) is 48.1 Å². The zero-order chi connectivity index (χ0) is 19.7. The second kappa shape index (κ2) is 7.78. The molecule has 4 rings (SSSR count). The minimum Gasteiger partial charge on any atom is -0.382 e. The summed E-state index contributed by atoms with van der Waals surface area (Å²) in [5, 5.41) is 4.62. The number of benzene rings is 1. The van der Waals surface area contributed by atoms with Gasteiger partial charge in [0.05, 0.1) is 11.4 Å². The van der Waals surface area contributed by atoms with Gasteiger partial charge in [0.1, 0.15) is 5.82 Å². The number of piperidine rings is 1. The Kier molecular flexibility index (Phi) is 5.36. The standard InChI is InChI=1S/C21H27F3N4/c22-21(23,24)15-9-11-28(12-10-15)20-8-1-14-13-18(6-7-19(14)27-20)26-17-4-2-16(25)3-5-17/h1,6-8,13,15-17,26H,2-5,9-12,25H2. The molecule has 0 unspecified atom stereocenters. The number of rotatable bonds is 3. The molecule has 1 saturated carbocycles. The predicted octanol–water partition coefficient (Wildman–Crippen LogP) is 4.70. The van der Waals surface area contributed by atoms with Crippen LogP contribution in [-0.4, -0.2) is 36.3 Å². The maximum absolute atomic E-state index is 12.9. The number of nitrogens with one attached hydrogen (secondary N) is 1. The van der Waals surface area contributed by atoms with Crippen LogP contribution in [0.25, 0.3) is 10.9 Å². The Bertz CT molecular complexity index is 807.